The fraction of sp³-hybridized carbons (Fsp3) is 0.0769. The number of nitrogens with one attached hydrogen (secondary N) is 1. The Kier molecular flexibility index (Phi) is 3.84. The van der Waals surface area contributed by atoms with Gasteiger partial charge in [-0.05, 0) is 30.7 Å². The normalized spacial score (nSPS) is 10.2. The van der Waals surface area contributed by atoms with Gasteiger partial charge in [-0.25, -0.2) is 0 Å². The maximum absolute atomic E-state index is 12.0. The van der Waals surface area contributed by atoms with E-state index < -0.39 is 0 Å². The fourth-order valence-electron chi connectivity index (χ4n) is 1.48. The van der Waals surface area contributed by atoms with Crippen molar-refractivity contribution in [1.82, 2.24) is 4.98 Å². The zero-order valence-corrected chi connectivity index (χ0v) is 11.1. The van der Waals surface area contributed by atoms with Gasteiger partial charge in [-0.1, -0.05) is 29.3 Å². The average molecular weight is 281 g/mol. The van der Waals surface area contributed by atoms with E-state index >= 15 is 0 Å². The molecule has 18 heavy (non-hydrogen) atoms. The molecular formula is C13H10Cl2N2O. The van der Waals surface area contributed by atoms with E-state index in [4.69, 9.17) is 23.2 Å². The predicted molar refractivity (Wildman–Crippen MR) is 73.4 cm³/mol. The van der Waals surface area contributed by atoms with Gasteiger partial charge in [-0.2, -0.15) is 0 Å². The molecule has 2 rings (SSSR count). The van der Waals surface area contributed by atoms with Crippen LogP contribution in [0.25, 0.3) is 0 Å². The molecule has 0 aliphatic heterocycles. The lowest BCUT2D eigenvalue weighted by atomic mass is 10.2. The maximum atomic E-state index is 12.0. The second-order valence-corrected chi connectivity index (χ2v) is 4.54. The summed E-state index contributed by atoms with van der Waals surface area (Å²) in [4.78, 5) is 15.9. The van der Waals surface area contributed by atoms with Gasteiger partial charge in [-0.3, -0.25) is 9.78 Å². The van der Waals surface area contributed by atoms with Crippen LogP contribution < -0.4 is 5.32 Å². The minimum absolute atomic E-state index is 0.307. The van der Waals surface area contributed by atoms with Crippen LogP contribution in [0.2, 0.25) is 10.0 Å². The predicted octanol–water partition coefficient (Wildman–Crippen LogP) is 3.95. The number of aromatic nitrogens is 1. The van der Waals surface area contributed by atoms with Crippen LogP contribution in [0.15, 0.2) is 36.7 Å². The standard InChI is InChI=1S/C13H10Cl2N2O/c1-8-10(14)3-2-4-12(8)17-13(18)9-7-16-6-5-11(9)15/h2-7H,1H3,(H,17,18). The smallest absolute Gasteiger partial charge is 0.258 e. The highest BCUT2D eigenvalue weighted by molar-refractivity contribution is 6.34. The quantitative estimate of drug-likeness (QED) is 0.905. The molecule has 1 aromatic heterocycles. The van der Waals surface area contributed by atoms with Crippen molar-refractivity contribution in [1.29, 1.82) is 0 Å². The number of rotatable bonds is 2. The number of hydrogen-bond donors (Lipinski definition) is 1. The molecule has 2 aromatic rings. The molecule has 1 amide bonds. The Labute approximate surface area is 115 Å². The first kappa shape index (κ1) is 12.9. The summed E-state index contributed by atoms with van der Waals surface area (Å²) in [7, 11) is 0. The van der Waals surface area contributed by atoms with E-state index in [1.807, 2.05) is 6.92 Å². The Hall–Kier alpha value is -1.58. The van der Waals surface area contributed by atoms with Gasteiger partial charge in [0, 0.05) is 23.1 Å². The van der Waals surface area contributed by atoms with Gasteiger partial charge in [0.1, 0.15) is 0 Å². The second kappa shape index (κ2) is 5.38. The van der Waals surface area contributed by atoms with Crippen LogP contribution in [0.1, 0.15) is 15.9 Å². The third kappa shape index (κ3) is 2.63. The van der Waals surface area contributed by atoms with Crippen molar-refractivity contribution in [2.24, 2.45) is 0 Å². The summed E-state index contributed by atoms with van der Waals surface area (Å²) in [6.07, 6.45) is 2.96. The van der Waals surface area contributed by atoms with E-state index in [2.05, 4.69) is 10.3 Å². The Morgan fingerprint density at radius 1 is 1.22 bits per heavy atom. The summed E-state index contributed by atoms with van der Waals surface area (Å²) in [5, 5.41) is 3.73. The number of amides is 1. The SMILES string of the molecule is Cc1c(Cl)cccc1NC(=O)c1cnccc1Cl. The van der Waals surface area contributed by atoms with Crippen LogP contribution in [-0.2, 0) is 0 Å². The molecule has 0 aliphatic rings. The van der Waals surface area contributed by atoms with E-state index in [0.29, 0.717) is 21.3 Å². The average Bonchev–Trinajstić information content (AvgIpc) is 2.35. The van der Waals surface area contributed by atoms with E-state index in [1.165, 1.54) is 12.4 Å². The van der Waals surface area contributed by atoms with Gasteiger partial charge in [0.05, 0.1) is 10.6 Å². The van der Waals surface area contributed by atoms with Gasteiger partial charge < -0.3 is 5.32 Å². The number of halogens is 2. The van der Waals surface area contributed by atoms with Crippen LogP contribution >= 0.6 is 23.2 Å². The molecule has 5 heteroatoms. The number of pyridine rings is 1. The Balaban J connectivity index is 2.27. The molecule has 0 saturated heterocycles. The summed E-state index contributed by atoms with van der Waals surface area (Å²) in [6, 6.07) is 6.89. The summed E-state index contributed by atoms with van der Waals surface area (Å²) in [5.74, 6) is -0.307. The summed E-state index contributed by atoms with van der Waals surface area (Å²) in [6.45, 7) is 1.84. The van der Waals surface area contributed by atoms with Crippen LogP contribution in [0.4, 0.5) is 5.69 Å². The van der Waals surface area contributed by atoms with Crippen molar-refractivity contribution >= 4 is 34.8 Å². The molecule has 1 N–H and O–H groups in total. The molecule has 1 heterocycles. The summed E-state index contributed by atoms with van der Waals surface area (Å²) >= 11 is 11.9. The lowest BCUT2D eigenvalue weighted by Crippen LogP contribution is -2.13. The molecule has 0 radical (unpaired) electrons. The highest BCUT2D eigenvalue weighted by atomic mass is 35.5. The molecule has 0 saturated carbocycles. The number of carbonyl (C=O) groups excluding carboxylic acids is 1. The van der Waals surface area contributed by atoms with Crippen molar-refractivity contribution in [3.05, 3.63) is 57.8 Å². The third-order valence-corrected chi connectivity index (χ3v) is 3.27. The van der Waals surface area contributed by atoms with Crippen molar-refractivity contribution in [2.45, 2.75) is 6.92 Å². The van der Waals surface area contributed by atoms with Crippen molar-refractivity contribution < 1.29 is 4.79 Å². The molecule has 1 aromatic carbocycles. The largest absolute Gasteiger partial charge is 0.322 e. The minimum Gasteiger partial charge on any atom is -0.322 e. The van der Waals surface area contributed by atoms with E-state index in [-0.39, 0.29) is 5.91 Å². The first-order chi connectivity index (χ1) is 8.59. The van der Waals surface area contributed by atoms with Crippen LogP contribution in [0.5, 0.6) is 0 Å². The van der Waals surface area contributed by atoms with Gasteiger partial charge >= 0.3 is 0 Å². The molecule has 0 atom stereocenters. The third-order valence-electron chi connectivity index (χ3n) is 2.53. The first-order valence-corrected chi connectivity index (χ1v) is 6.01. The maximum Gasteiger partial charge on any atom is 0.258 e. The van der Waals surface area contributed by atoms with Gasteiger partial charge in [-0.15, -0.1) is 0 Å². The van der Waals surface area contributed by atoms with Crippen LogP contribution in [-0.4, -0.2) is 10.9 Å². The van der Waals surface area contributed by atoms with E-state index in [1.54, 1.807) is 24.3 Å². The topological polar surface area (TPSA) is 42.0 Å². The highest BCUT2D eigenvalue weighted by Gasteiger charge is 2.12. The van der Waals surface area contributed by atoms with Crippen LogP contribution in [0.3, 0.4) is 0 Å². The Morgan fingerprint density at radius 3 is 2.72 bits per heavy atom. The van der Waals surface area contributed by atoms with E-state index in [9.17, 15) is 4.79 Å². The lowest BCUT2D eigenvalue weighted by molar-refractivity contribution is 0.102. The lowest BCUT2D eigenvalue weighted by Gasteiger charge is -2.09. The summed E-state index contributed by atoms with van der Waals surface area (Å²) < 4.78 is 0. The van der Waals surface area contributed by atoms with Gasteiger partial charge in [0.15, 0.2) is 0 Å². The number of nitrogens with zero attached hydrogens (tertiary/aromatic N) is 1. The Morgan fingerprint density at radius 2 is 2.00 bits per heavy atom. The minimum atomic E-state index is -0.307. The highest BCUT2D eigenvalue weighted by Crippen LogP contribution is 2.24. The number of carbonyl (C=O) groups is 1. The zero-order chi connectivity index (χ0) is 13.1. The first-order valence-electron chi connectivity index (χ1n) is 5.25. The molecule has 92 valence electrons. The Bertz CT molecular complexity index is 599. The molecule has 0 fully saturated rings. The molecule has 0 bridgehead atoms. The zero-order valence-electron chi connectivity index (χ0n) is 9.58. The van der Waals surface area contributed by atoms with Crippen molar-refractivity contribution in [3.63, 3.8) is 0 Å². The molecule has 0 spiro atoms. The molecule has 0 unspecified atom stereocenters. The molecular weight excluding hydrogens is 271 g/mol. The second-order valence-electron chi connectivity index (χ2n) is 3.72. The fourth-order valence-corrected chi connectivity index (χ4v) is 1.84. The van der Waals surface area contributed by atoms with E-state index in [0.717, 1.165) is 5.56 Å². The van der Waals surface area contributed by atoms with Gasteiger partial charge in [0.25, 0.3) is 5.91 Å². The summed E-state index contributed by atoms with van der Waals surface area (Å²) in [5.41, 5.74) is 1.80. The molecule has 0 aliphatic carbocycles. The molecule has 3 nitrogen and oxygen atoms in total. The van der Waals surface area contributed by atoms with Crippen molar-refractivity contribution in [2.75, 3.05) is 5.32 Å². The number of hydrogen-bond acceptors (Lipinski definition) is 2. The van der Waals surface area contributed by atoms with Crippen LogP contribution in [0, 0.1) is 6.92 Å². The number of anilines is 1. The van der Waals surface area contributed by atoms with Gasteiger partial charge in [0.2, 0.25) is 0 Å². The van der Waals surface area contributed by atoms with Crippen molar-refractivity contribution in [3.8, 4) is 0 Å². The number of benzene rings is 1. The monoisotopic (exact) mass is 280 g/mol.